The van der Waals surface area contributed by atoms with Gasteiger partial charge in [0.1, 0.15) is 4.88 Å². The number of aromatic amines is 1. The van der Waals surface area contributed by atoms with Gasteiger partial charge in [0.25, 0.3) is 0 Å². The van der Waals surface area contributed by atoms with Gasteiger partial charge < -0.3 is 10.1 Å². The minimum atomic E-state index is -0.461. The molecular weight excluding hydrogens is 302 g/mol. The van der Waals surface area contributed by atoms with Crippen LogP contribution in [0, 0.1) is 0 Å². The van der Waals surface area contributed by atoms with Crippen molar-refractivity contribution in [2.75, 3.05) is 12.4 Å². The third-order valence-electron chi connectivity index (χ3n) is 3.19. The highest BCUT2D eigenvalue weighted by atomic mass is 32.1. The van der Waals surface area contributed by atoms with Crippen molar-refractivity contribution >= 4 is 39.8 Å². The number of methoxy groups -OCH3 is 1. The van der Waals surface area contributed by atoms with Crippen molar-refractivity contribution in [3.05, 3.63) is 46.3 Å². The molecule has 0 aliphatic rings. The number of fused-ring (bicyclic) bond motifs is 1. The van der Waals surface area contributed by atoms with E-state index in [4.69, 9.17) is 0 Å². The zero-order valence-corrected chi connectivity index (χ0v) is 12.6. The molecule has 0 unspecified atom stereocenters. The van der Waals surface area contributed by atoms with Crippen molar-refractivity contribution in [3.8, 4) is 0 Å². The maximum absolute atomic E-state index is 12.2. The Morgan fingerprint density at radius 1 is 1.32 bits per heavy atom. The zero-order chi connectivity index (χ0) is 15.5. The first-order chi connectivity index (χ1) is 10.7. The van der Waals surface area contributed by atoms with Crippen LogP contribution in [0.4, 0.5) is 5.69 Å². The summed E-state index contributed by atoms with van der Waals surface area (Å²) in [4.78, 5) is 24.1. The summed E-state index contributed by atoms with van der Waals surface area (Å²) in [5.41, 5.74) is 2.02. The smallest absolute Gasteiger partial charge is 0.350 e. The summed E-state index contributed by atoms with van der Waals surface area (Å²) in [6.07, 6.45) is 0.150. The second-order valence-electron chi connectivity index (χ2n) is 4.60. The fourth-order valence-electron chi connectivity index (χ4n) is 2.16. The highest BCUT2D eigenvalue weighted by Gasteiger charge is 2.16. The Morgan fingerprint density at radius 2 is 2.14 bits per heavy atom. The molecule has 0 saturated carbocycles. The van der Waals surface area contributed by atoms with Crippen molar-refractivity contribution in [2.24, 2.45) is 0 Å². The van der Waals surface area contributed by atoms with Crippen molar-refractivity contribution in [1.82, 2.24) is 10.2 Å². The second kappa shape index (κ2) is 5.98. The van der Waals surface area contributed by atoms with Gasteiger partial charge in [-0.2, -0.15) is 5.10 Å². The molecule has 0 bridgehead atoms. The Balaban J connectivity index is 1.76. The average molecular weight is 315 g/mol. The summed E-state index contributed by atoms with van der Waals surface area (Å²) in [6, 6.07) is 9.25. The lowest BCUT2D eigenvalue weighted by Gasteiger charge is -2.05. The Bertz CT molecular complexity index is 837. The summed E-state index contributed by atoms with van der Waals surface area (Å²) in [7, 11) is 1.31. The normalized spacial score (nSPS) is 10.6. The molecule has 0 spiro atoms. The number of nitrogens with one attached hydrogen (secondary N) is 2. The van der Waals surface area contributed by atoms with E-state index in [2.05, 4.69) is 20.3 Å². The largest absolute Gasteiger partial charge is 0.465 e. The van der Waals surface area contributed by atoms with Crippen molar-refractivity contribution in [1.29, 1.82) is 0 Å². The van der Waals surface area contributed by atoms with Crippen LogP contribution in [0.5, 0.6) is 0 Å². The molecule has 22 heavy (non-hydrogen) atoms. The van der Waals surface area contributed by atoms with Crippen LogP contribution in [-0.2, 0) is 16.0 Å². The SMILES string of the molecule is COC(=O)c1sccc1NC(=O)Cc1[nH]nc2ccccc12. The fourth-order valence-corrected chi connectivity index (χ4v) is 2.93. The number of aromatic nitrogens is 2. The van der Waals surface area contributed by atoms with Crippen LogP contribution in [-0.4, -0.2) is 29.2 Å². The first-order valence-corrected chi connectivity index (χ1v) is 7.44. The van der Waals surface area contributed by atoms with Crippen LogP contribution >= 0.6 is 11.3 Å². The Morgan fingerprint density at radius 3 is 2.95 bits per heavy atom. The Hall–Kier alpha value is -2.67. The van der Waals surface area contributed by atoms with Gasteiger partial charge in [0.05, 0.1) is 30.4 Å². The number of hydrogen-bond acceptors (Lipinski definition) is 5. The third kappa shape index (κ3) is 2.71. The Kier molecular flexibility index (Phi) is 3.88. The molecule has 6 nitrogen and oxygen atoms in total. The molecule has 0 fully saturated rings. The molecule has 0 aliphatic heterocycles. The van der Waals surface area contributed by atoms with E-state index in [1.54, 1.807) is 11.4 Å². The lowest BCUT2D eigenvalue weighted by Crippen LogP contribution is -2.16. The summed E-state index contributed by atoms with van der Waals surface area (Å²) < 4.78 is 4.68. The molecule has 0 aliphatic carbocycles. The van der Waals surface area contributed by atoms with Crippen LogP contribution < -0.4 is 5.32 Å². The number of benzene rings is 1. The number of hydrogen-bond donors (Lipinski definition) is 2. The number of thiophene rings is 1. The third-order valence-corrected chi connectivity index (χ3v) is 4.08. The van der Waals surface area contributed by atoms with E-state index in [0.29, 0.717) is 10.6 Å². The molecule has 2 N–H and O–H groups in total. The standard InChI is InChI=1S/C15H13N3O3S/c1-21-15(20)14-11(6-7-22-14)16-13(19)8-12-9-4-2-3-5-10(9)17-18-12/h2-7H,8H2,1H3,(H,16,19)(H,17,18). The van der Waals surface area contributed by atoms with Gasteiger partial charge in [0.2, 0.25) is 5.91 Å². The van der Waals surface area contributed by atoms with Crippen molar-refractivity contribution < 1.29 is 14.3 Å². The number of esters is 1. The number of carbonyl (C=O) groups is 2. The molecule has 112 valence electrons. The maximum atomic E-state index is 12.2. The van der Waals surface area contributed by atoms with Crippen molar-refractivity contribution in [2.45, 2.75) is 6.42 Å². The first-order valence-electron chi connectivity index (χ1n) is 6.56. The van der Waals surface area contributed by atoms with Crippen LogP contribution in [0.3, 0.4) is 0 Å². The van der Waals surface area contributed by atoms with Gasteiger partial charge in [-0.1, -0.05) is 18.2 Å². The lowest BCUT2D eigenvalue weighted by atomic mass is 10.1. The number of carbonyl (C=O) groups excluding carboxylic acids is 2. The van der Waals surface area contributed by atoms with E-state index in [0.717, 1.165) is 16.6 Å². The molecule has 1 aromatic carbocycles. The molecule has 7 heteroatoms. The predicted molar refractivity (Wildman–Crippen MR) is 84.1 cm³/mol. The molecule has 0 atom stereocenters. The summed E-state index contributed by atoms with van der Waals surface area (Å²) in [5.74, 6) is -0.685. The second-order valence-corrected chi connectivity index (χ2v) is 5.52. The number of anilines is 1. The average Bonchev–Trinajstić information content (AvgIpc) is 3.14. The summed E-state index contributed by atoms with van der Waals surface area (Å²) >= 11 is 1.23. The van der Waals surface area contributed by atoms with E-state index in [1.807, 2.05) is 24.3 Å². The molecular formula is C15H13N3O3S. The molecule has 1 amide bonds. The van der Waals surface area contributed by atoms with Gasteiger partial charge >= 0.3 is 5.97 Å². The molecule has 0 radical (unpaired) electrons. The van der Waals surface area contributed by atoms with Crippen LogP contribution in [0.1, 0.15) is 15.4 Å². The van der Waals surface area contributed by atoms with Crippen LogP contribution in [0.15, 0.2) is 35.7 Å². The number of amides is 1. The van der Waals surface area contributed by atoms with Crippen LogP contribution in [0.25, 0.3) is 10.9 Å². The van der Waals surface area contributed by atoms with Gasteiger partial charge in [0, 0.05) is 5.39 Å². The fraction of sp³-hybridized carbons (Fsp3) is 0.133. The molecule has 2 aromatic heterocycles. The molecule has 3 rings (SSSR count). The Labute approximate surface area is 130 Å². The molecule has 0 saturated heterocycles. The van der Waals surface area contributed by atoms with Crippen LogP contribution in [0.2, 0.25) is 0 Å². The van der Waals surface area contributed by atoms with E-state index < -0.39 is 5.97 Å². The predicted octanol–water partition coefficient (Wildman–Crippen LogP) is 2.59. The molecule has 3 aromatic rings. The minimum Gasteiger partial charge on any atom is -0.465 e. The van der Waals surface area contributed by atoms with E-state index in [9.17, 15) is 9.59 Å². The number of ether oxygens (including phenoxy) is 1. The number of H-pyrrole nitrogens is 1. The quantitative estimate of drug-likeness (QED) is 0.725. The number of para-hydroxylation sites is 1. The van der Waals surface area contributed by atoms with E-state index in [-0.39, 0.29) is 12.3 Å². The topological polar surface area (TPSA) is 84.1 Å². The van der Waals surface area contributed by atoms with Gasteiger partial charge in [-0.15, -0.1) is 11.3 Å². The highest BCUT2D eigenvalue weighted by Crippen LogP contribution is 2.23. The zero-order valence-electron chi connectivity index (χ0n) is 11.8. The number of rotatable bonds is 4. The van der Waals surface area contributed by atoms with Gasteiger partial charge in [-0.3, -0.25) is 9.89 Å². The minimum absolute atomic E-state index is 0.150. The lowest BCUT2D eigenvalue weighted by molar-refractivity contribution is -0.115. The summed E-state index contributed by atoms with van der Waals surface area (Å²) in [6.45, 7) is 0. The van der Waals surface area contributed by atoms with Gasteiger partial charge in [-0.25, -0.2) is 4.79 Å². The highest BCUT2D eigenvalue weighted by molar-refractivity contribution is 7.12. The first kappa shape index (κ1) is 14.3. The molecule has 2 heterocycles. The monoisotopic (exact) mass is 315 g/mol. The van der Waals surface area contributed by atoms with Gasteiger partial charge in [0.15, 0.2) is 0 Å². The van der Waals surface area contributed by atoms with E-state index in [1.165, 1.54) is 18.4 Å². The van der Waals surface area contributed by atoms with Gasteiger partial charge in [-0.05, 0) is 17.5 Å². The number of nitrogens with zero attached hydrogens (tertiary/aromatic N) is 1. The van der Waals surface area contributed by atoms with E-state index >= 15 is 0 Å². The summed E-state index contributed by atoms with van der Waals surface area (Å²) in [5, 5.41) is 12.4. The maximum Gasteiger partial charge on any atom is 0.350 e. The van der Waals surface area contributed by atoms with Crippen molar-refractivity contribution in [3.63, 3.8) is 0 Å².